The van der Waals surface area contributed by atoms with Crippen molar-refractivity contribution in [2.45, 2.75) is 26.1 Å². The molecular formula is C23H26N2O7. The summed E-state index contributed by atoms with van der Waals surface area (Å²) in [6, 6.07) is 13.9. The van der Waals surface area contributed by atoms with Gasteiger partial charge in [0.2, 0.25) is 5.91 Å². The van der Waals surface area contributed by atoms with Crippen molar-refractivity contribution in [2.75, 3.05) is 20.8 Å². The molecule has 0 saturated carbocycles. The SMILES string of the molecule is COc1ccc(CN2C(=O)C(C(=O)NOCc3ccccc3)C2COC(C)=O)c(OC)c1. The zero-order chi connectivity index (χ0) is 23.1. The van der Waals surface area contributed by atoms with E-state index >= 15 is 0 Å². The topological polar surface area (TPSA) is 103 Å². The zero-order valence-corrected chi connectivity index (χ0v) is 18.2. The highest BCUT2D eigenvalue weighted by atomic mass is 16.7. The Morgan fingerprint density at radius 3 is 2.47 bits per heavy atom. The van der Waals surface area contributed by atoms with Crippen LogP contribution in [0.4, 0.5) is 0 Å². The molecule has 1 fully saturated rings. The summed E-state index contributed by atoms with van der Waals surface area (Å²) in [5.74, 6) is -1.32. The molecule has 1 N–H and O–H groups in total. The summed E-state index contributed by atoms with van der Waals surface area (Å²) in [6.45, 7) is 1.52. The Hall–Kier alpha value is -3.59. The first-order chi connectivity index (χ1) is 15.4. The third-order valence-corrected chi connectivity index (χ3v) is 5.16. The standard InChI is InChI=1S/C23H26N2O7/c1-15(26)31-14-19-21(22(27)24-32-13-16-7-5-4-6-8-16)23(28)25(19)12-17-9-10-18(29-2)11-20(17)30-3/h4-11,19,21H,12-14H2,1-3H3,(H,24,27). The minimum Gasteiger partial charge on any atom is -0.497 e. The molecule has 0 aliphatic carbocycles. The molecule has 9 heteroatoms. The normalized spacial score (nSPS) is 17.3. The van der Waals surface area contributed by atoms with Crippen LogP contribution in [-0.2, 0) is 37.1 Å². The summed E-state index contributed by atoms with van der Waals surface area (Å²) in [7, 11) is 3.07. The minimum absolute atomic E-state index is 0.101. The monoisotopic (exact) mass is 442 g/mol. The first-order valence-corrected chi connectivity index (χ1v) is 10.0. The number of amides is 2. The van der Waals surface area contributed by atoms with E-state index in [-0.39, 0.29) is 25.7 Å². The van der Waals surface area contributed by atoms with Gasteiger partial charge in [-0.25, -0.2) is 5.48 Å². The lowest BCUT2D eigenvalue weighted by Crippen LogP contribution is -2.66. The van der Waals surface area contributed by atoms with Gasteiger partial charge in [-0.05, 0) is 17.7 Å². The largest absolute Gasteiger partial charge is 0.497 e. The molecule has 2 aromatic carbocycles. The molecule has 2 atom stereocenters. The van der Waals surface area contributed by atoms with Crippen molar-refractivity contribution in [1.82, 2.24) is 10.4 Å². The van der Waals surface area contributed by atoms with Gasteiger partial charge in [0.05, 0.1) is 26.9 Å². The van der Waals surface area contributed by atoms with Crippen molar-refractivity contribution in [3.63, 3.8) is 0 Å². The van der Waals surface area contributed by atoms with Crippen LogP contribution in [0, 0.1) is 5.92 Å². The number of rotatable bonds is 10. The molecular weight excluding hydrogens is 416 g/mol. The van der Waals surface area contributed by atoms with Gasteiger partial charge in [-0.3, -0.25) is 19.2 Å². The van der Waals surface area contributed by atoms with Crippen molar-refractivity contribution < 1.29 is 33.4 Å². The number of nitrogens with one attached hydrogen (secondary N) is 1. The maximum absolute atomic E-state index is 12.8. The second-order valence-corrected chi connectivity index (χ2v) is 7.23. The van der Waals surface area contributed by atoms with Gasteiger partial charge >= 0.3 is 5.97 Å². The van der Waals surface area contributed by atoms with Gasteiger partial charge in [-0.2, -0.15) is 0 Å². The fraction of sp³-hybridized carbons (Fsp3) is 0.348. The van der Waals surface area contributed by atoms with E-state index in [9.17, 15) is 14.4 Å². The molecule has 2 unspecified atom stereocenters. The molecule has 0 aromatic heterocycles. The van der Waals surface area contributed by atoms with Crippen LogP contribution < -0.4 is 15.0 Å². The highest BCUT2D eigenvalue weighted by Crippen LogP contribution is 2.33. The zero-order valence-electron chi connectivity index (χ0n) is 18.2. The van der Waals surface area contributed by atoms with Crippen molar-refractivity contribution >= 4 is 17.8 Å². The van der Waals surface area contributed by atoms with Gasteiger partial charge in [0, 0.05) is 25.1 Å². The van der Waals surface area contributed by atoms with Gasteiger partial charge in [-0.15, -0.1) is 0 Å². The molecule has 1 heterocycles. The molecule has 32 heavy (non-hydrogen) atoms. The second-order valence-electron chi connectivity index (χ2n) is 7.23. The fourth-order valence-corrected chi connectivity index (χ4v) is 3.47. The highest BCUT2D eigenvalue weighted by Gasteiger charge is 2.52. The highest BCUT2D eigenvalue weighted by molar-refractivity contribution is 6.05. The van der Waals surface area contributed by atoms with Gasteiger partial charge in [-0.1, -0.05) is 30.3 Å². The molecule has 1 aliphatic rings. The Morgan fingerprint density at radius 2 is 1.81 bits per heavy atom. The number of hydrogen-bond donors (Lipinski definition) is 1. The van der Waals surface area contributed by atoms with Crippen molar-refractivity contribution in [2.24, 2.45) is 5.92 Å². The summed E-state index contributed by atoms with van der Waals surface area (Å²) >= 11 is 0. The molecule has 3 rings (SSSR count). The summed E-state index contributed by atoms with van der Waals surface area (Å²) in [5, 5.41) is 0. The number of nitrogens with zero attached hydrogens (tertiary/aromatic N) is 1. The molecule has 2 amide bonds. The second kappa shape index (κ2) is 10.6. The van der Waals surface area contributed by atoms with Crippen molar-refractivity contribution in [3.8, 4) is 11.5 Å². The summed E-state index contributed by atoms with van der Waals surface area (Å²) < 4.78 is 15.7. The van der Waals surface area contributed by atoms with Gasteiger partial charge in [0.1, 0.15) is 24.0 Å². The third-order valence-electron chi connectivity index (χ3n) is 5.16. The molecule has 0 bridgehead atoms. The quantitative estimate of drug-likeness (QED) is 0.259. The number of esters is 1. The minimum atomic E-state index is -1.02. The van der Waals surface area contributed by atoms with E-state index < -0.39 is 23.8 Å². The van der Waals surface area contributed by atoms with E-state index in [4.69, 9.17) is 19.0 Å². The lowest BCUT2D eigenvalue weighted by Gasteiger charge is -2.45. The van der Waals surface area contributed by atoms with E-state index in [0.29, 0.717) is 11.5 Å². The van der Waals surface area contributed by atoms with Crippen LogP contribution in [0.1, 0.15) is 18.1 Å². The lowest BCUT2D eigenvalue weighted by molar-refractivity contribution is -0.174. The Labute approximate surface area is 186 Å². The molecule has 1 saturated heterocycles. The van der Waals surface area contributed by atoms with Crippen LogP contribution in [0.25, 0.3) is 0 Å². The molecule has 9 nitrogen and oxygen atoms in total. The number of ether oxygens (including phenoxy) is 3. The van der Waals surface area contributed by atoms with E-state index in [1.807, 2.05) is 30.3 Å². The van der Waals surface area contributed by atoms with Crippen LogP contribution in [0.5, 0.6) is 11.5 Å². The van der Waals surface area contributed by atoms with Crippen LogP contribution >= 0.6 is 0 Å². The predicted molar refractivity (Wildman–Crippen MR) is 113 cm³/mol. The Morgan fingerprint density at radius 1 is 1.06 bits per heavy atom. The number of carbonyl (C=O) groups excluding carboxylic acids is 3. The van der Waals surface area contributed by atoms with Crippen molar-refractivity contribution in [3.05, 3.63) is 59.7 Å². The van der Waals surface area contributed by atoms with Crippen LogP contribution in [0.3, 0.4) is 0 Å². The average Bonchev–Trinajstić information content (AvgIpc) is 2.80. The summed E-state index contributed by atoms with van der Waals surface area (Å²) in [6.07, 6.45) is 0. The van der Waals surface area contributed by atoms with Crippen molar-refractivity contribution in [1.29, 1.82) is 0 Å². The molecule has 170 valence electrons. The number of benzene rings is 2. The molecule has 1 aliphatic heterocycles. The third kappa shape index (κ3) is 5.36. The van der Waals surface area contributed by atoms with Gasteiger partial charge in [0.25, 0.3) is 5.91 Å². The van der Waals surface area contributed by atoms with Crippen LogP contribution in [0.15, 0.2) is 48.5 Å². The smallest absolute Gasteiger partial charge is 0.302 e. The average molecular weight is 442 g/mol. The number of carbonyl (C=O) groups is 3. The number of methoxy groups -OCH3 is 2. The number of hydroxylamine groups is 1. The Kier molecular flexibility index (Phi) is 7.67. The van der Waals surface area contributed by atoms with E-state index in [1.165, 1.54) is 18.9 Å². The number of likely N-dealkylation sites (tertiary alicyclic amines) is 1. The number of hydrogen-bond acceptors (Lipinski definition) is 7. The summed E-state index contributed by atoms with van der Waals surface area (Å²) in [5.41, 5.74) is 3.94. The lowest BCUT2D eigenvalue weighted by atomic mass is 9.86. The maximum atomic E-state index is 12.8. The van der Waals surface area contributed by atoms with Gasteiger partial charge < -0.3 is 19.1 Å². The Bertz CT molecular complexity index is 964. The molecule has 2 aromatic rings. The van der Waals surface area contributed by atoms with E-state index in [0.717, 1.165) is 11.1 Å². The summed E-state index contributed by atoms with van der Waals surface area (Å²) in [4.78, 5) is 43.5. The fourth-order valence-electron chi connectivity index (χ4n) is 3.47. The first kappa shape index (κ1) is 23.1. The van der Waals surface area contributed by atoms with E-state index in [2.05, 4.69) is 5.48 Å². The predicted octanol–water partition coefficient (Wildman–Crippen LogP) is 1.84. The van der Waals surface area contributed by atoms with E-state index in [1.54, 1.807) is 25.3 Å². The molecule has 0 spiro atoms. The Balaban J connectivity index is 1.67. The van der Waals surface area contributed by atoms with Crippen LogP contribution in [0.2, 0.25) is 0 Å². The van der Waals surface area contributed by atoms with Gasteiger partial charge in [0.15, 0.2) is 0 Å². The first-order valence-electron chi connectivity index (χ1n) is 10.0. The van der Waals surface area contributed by atoms with Crippen LogP contribution in [-0.4, -0.2) is 49.6 Å². The number of β-lactam (4-membered cyclic amide) rings is 1. The molecule has 0 radical (unpaired) electrons. The maximum Gasteiger partial charge on any atom is 0.302 e.